The van der Waals surface area contributed by atoms with Gasteiger partial charge in [-0.15, -0.1) is 0 Å². The minimum atomic E-state index is -3.82. The summed E-state index contributed by atoms with van der Waals surface area (Å²) in [6, 6.07) is 23.9. The van der Waals surface area contributed by atoms with Gasteiger partial charge in [0, 0.05) is 17.6 Å². The minimum Gasteiger partial charge on any atom is -0.351 e. The van der Waals surface area contributed by atoms with Gasteiger partial charge in [-0.1, -0.05) is 76.1 Å². The van der Waals surface area contributed by atoms with E-state index >= 15 is 0 Å². The number of nitrogens with one attached hydrogen (secondary N) is 1. The summed E-state index contributed by atoms with van der Waals surface area (Å²) >= 11 is 3.33. The number of aryl methyl sites for hydroxylation is 1. The average molecular weight is 501 g/mol. The van der Waals surface area contributed by atoms with Gasteiger partial charge in [-0.25, -0.2) is 8.42 Å². The van der Waals surface area contributed by atoms with Gasteiger partial charge in [-0.3, -0.25) is 4.79 Å². The molecule has 0 fully saturated rings. The molecule has 3 rings (SSSR count). The van der Waals surface area contributed by atoms with E-state index in [1.807, 2.05) is 61.5 Å². The van der Waals surface area contributed by atoms with Crippen molar-refractivity contribution in [3.63, 3.8) is 0 Å². The Labute approximate surface area is 192 Å². The highest BCUT2D eigenvalue weighted by Gasteiger charge is 2.26. The summed E-state index contributed by atoms with van der Waals surface area (Å²) in [6.45, 7) is 2.31. The fraction of sp³-hybridized carbons (Fsp3) is 0.208. The number of carbonyl (C=O) groups excluding carboxylic acids is 1. The summed E-state index contributed by atoms with van der Waals surface area (Å²) in [7, 11) is -3.82. The molecule has 0 atom stereocenters. The van der Waals surface area contributed by atoms with E-state index < -0.39 is 10.0 Å². The molecule has 0 saturated heterocycles. The van der Waals surface area contributed by atoms with Crippen LogP contribution in [0.15, 0.2) is 88.2 Å². The first-order valence-corrected chi connectivity index (χ1v) is 12.2. The van der Waals surface area contributed by atoms with Crippen LogP contribution in [-0.4, -0.2) is 31.7 Å². The molecule has 0 spiro atoms. The highest BCUT2D eigenvalue weighted by molar-refractivity contribution is 9.10. The molecule has 0 aliphatic carbocycles. The molecule has 0 heterocycles. The van der Waals surface area contributed by atoms with Crippen molar-refractivity contribution in [1.29, 1.82) is 0 Å². The van der Waals surface area contributed by atoms with Crippen LogP contribution >= 0.6 is 15.9 Å². The maximum absolute atomic E-state index is 13.2. The first kappa shape index (κ1) is 23.2. The second-order valence-electron chi connectivity index (χ2n) is 7.29. The lowest BCUT2D eigenvalue weighted by Crippen LogP contribution is -2.41. The predicted octanol–water partition coefficient (Wildman–Crippen LogP) is 4.31. The van der Waals surface area contributed by atoms with E-state index in [4.69, 9.17) is 0 Å². The Morgan fingerprint density at radius 2 is 1.61 bits per heavy atom. The van der Waals surface area contributed by atoms with Gasteiger partial charge in [0.15, 0.2) is 0 Å². The molecule has 1 N–H and O–H groups in total. The summed E-state index contributed by atoms with van der Waals surface area (Å²) in [5.41, 5.74) is 3.09. The number of hydrogen-bond acceptors (Lipinski definition) is 3. The summed E-state index contributed by atoms with van der Waals surface area (Å²) in [6.07, 6.45) is 0.516. The fourth-order valence-corrected chi connectivity index (χ4v) is 4.84. The normalized spacial score (nSPS) is 11.5. The molecule has 7 heteroatoms. The van der Waals surface area contributed by atoms with Gasteiger partial charge in [0.2, 0.25) is 15.9 Å². The van der Waals surface area contributed by atoms with E-state index in [-0.39, 0.29) is 23.9 Å². The van der Waals surface area contributed by atoms with Crippen molar-refractivity contribution in [2.24, 2.45) is 0 Å². The lowest BCUT2D eigenvalue weighted by molar-refractivity contribution is -0.121. The van der Waals surface area contributed by atoms with Crippen LogP contribution < -0.4 is 5.32 Å². The molecule has 0 radical (unpaired) electrons. The van der Waals surface area contributed by atoms with Gasteiger partial charge in [0.25, 0.3) is 0 Å². The number of amides is 1. The van der Waals surface area contributed by atoms with Crippen molar-refractivity contribution in [2.45, 2.75) is 24.8 Å². The van der Waals surface area contributed by atoms with Crippen LogP contribution in [-0.2, 0) is 27.8 Å². The van der Waals surface area contributed by atoms with Gasteiger partial charge in [0.1, 0.15) is 0 Å². The van der Waals surface area contributed by atoms with E-state index in [0.29, 0.717) is 13.0 Å². The molecule has 5 nitrogen and oxygen atoms in total. The minimum absolute atomic E-state index is 0.162. The summed E-state index contributed by atoms with van der Waals surface area (Å²) in [5.74, 6) is -0.338. The predicted molar refractivity (Wildman–Crippen MR) is 126 cm³/mol. The average Bonchev–Trinajstić information content (AvgIpc) is 2.76. The summed E-state index contributed by atoms with van der Waals surface area (Å²) < 4.78 is 28.5. The number of benzene rings is 3. The second kappa shape index (κ2) is 10.7. The summed E-state index contributed by atoms with van der Waals surface area (Å²) in [4.78, 5) is 12.8. The Hall–Kier alpha value is -2.48. The number of hydrogen-bond donors (Lipinski definition) is 1. The Kier molecular flexibility index (Phi) is 8.01. The molecule has 31 heavy (non-hydrogen) atoms. The van der Waals surface area contributed by atoms with Crippen LogP contribution in [0.5, 0.6) is 0 Å². The van der Waals surface area contributed by atoms with Gasteiger partial charge < -0.3 is 5.32 Å². The molecule has 3 aromatic rings. The lowest BCUT2D eigenvalue weighted by atomic mass is 10.1. The van der Waals surface area contributed by atoms with Gasteiger partial charge in [-0.05, 0) is 48.7 Å². The largest absolute Gasteiger partial charge is 0.351 e. The Balaban J connectivity index is 1.74. The molecule has 0 aliphatic rings. The van der Waals surface area contributed by atoms with E-state index in [2.05, 4.69) is 21.2 Å². The van der Waals surface area contributed by atoms with Crippen molar-refractivity contribution >= 4 is 31.9 Å². The zero-order valence-electron chi connectivity index (χ0n) is 17.3. The molecule has 0 unspecified atom stereocenters. The van der Waals surface area contributed by atoms with E-state index in [1.54, 1.807) is 24.3 Å². The quantitative estimate of drug-likeness (QED) is 0.476. The maximum atomic E-state index is 13.2. The van der Waals surface area contributed by atoms with Crippen molar-refractivity contribution < 1.29 is 13.2 Å². The molecule has 1 amide bonds. The lowest BCUT2D eigenvalue weighted by Gasteiger charge is -2.22. The zero-order valence-corrected chi connectivity index (χ0v) is 19.7. The van der Waals surface area contributed by atoms with Crippen LogP contribution in [0, 0.1) is 6.92 Å². The van der Waals surface area contributed by atoms with Crippen LogP contribution in [0.2, 0.25) is 0 Å². The molecular formula is C24H25BrN2O3S. The smallest absolute Gasteiger partial charge is 0.243 e. The van der Waals surface area contributed by atoms with Crippen molar-refractivity contribution in [2.75, 3.05) is 13.1 Å². The Bertz CT molecular complexity index is 1120. The van der Waals surface area contributed by atoms with E-state index in [1.165, 1.54) is 4.31 Å². The standard InChI is InChI=1S/C24H25BrN2O3S/c1-19-6-5-9-21(16-19)17-26-24(28)18-27(15-14-20-7-3-2-4-8-20)31(29,30)23-12-10-22(25)11-13-23/h2-13,16H,14-15,17-18H2,1H3,(H,26,28). The highest BCUT2D eigenvalue weighted by atomic mass is 79.9. The van der Waals surface area contributed by atoms with Crippen LogP contribution in [0.1, 0.15) is 16.7 Å². The van der Waals surface area contributed by atoms with Crippen molar-refractivity contribution in [3.8, 4) is 0 Å². The third-order valence-electron chi connectivity index (χ3n) is 4.84. The number of rotatable bonds is 9. The van der Waals surface area contributed by atoms with Gasteiger partial charge >= 0.3 is 0 Å². The molecule has 0 aromatic heterocycles. The van der Waals surface area contributed by atoms with Crippen LogP contribution in [0.3, 0.4) is 0 Å². The summed E-state index contributed by atoms with van der Waals surface area (Å²) in [5, 5.41) is 2.83. The third kappa shape index (κ3) is 6.75. The van der Waals surface area contributed by atoms with Crippen molar-refractivity contribution in [1.82, 2.24) is 9.62 Å². The van der Waals surface area contributed by atoms with Crippen LogP contribution in [0.25, 0.3) is 0 Å². The third-order valence-corrected chi connectivity index (χ3v) is 7.22. The topological polar surface area (TPSA) is 66.5 Å². The fourth-order valence-electron chi connectivity index (χ4n) is 3.18. The maximum Gasteiger partial charge on any atom is 0.243 e. The first-order chi connectivity index (χ1) is 14.8. The first-order valence-electron chi connectivity index (χ1n) is 9.96. The Morgan fingerprint density at radius 1 is 0.935 bits per heavy atom. The van der Waals surface area contributed by atoms with Gasteiger partial charge in [0.05, 0.1) is 11.4 Å². The monoisotopic (exact) mass is 500 g/mol. The zero-order chi connectivity index (χ0) is 22.3. The van der Waals surface area contributed by atoms with E-state index in [9.17, 15) is 13.2 Å². The van der Waals surface area contributed by atoms with Crippen molar-refractivity contribution in [3.05, 3.63) is 100 Å². The highest BCUT2D eigenvalue weighted by Crippen LogP contribution is 2.19. The molecule has 162 valence electrons. The van der Waals surface area contributed by atoms with E-state index in [0.717, 1.165) is 21.2 Å². The second-order valence-corrected chi connectivity index (χ2v) is 10.1. The molecule has 0 saturated carbocycles. The Morgan fingerprint density at radius 3 is 2.29 bits per heavy atom. The van der Waals surface area contributed by atoms with Crippen LogP contribution in [0.4, 0.5) is 0 Å². The number of carbonyl (C=O) groups is 1. The molecule has 0 bridgehead atoms. The molecular weight excluding hydrogens is 476 g/mol. The van der Waals surface area contributed by atoms with Gasteiger partial charge in [-0.2, -0.15) is 4.31 Å². The molecule has 3 aromatic carbocycles. The SMILES string of the molecule is Cc1cccc(CNC(=O)CN(CCc2ccccc2)S(=O)(=O)c2ccc(Br)cc2)c1. The number of nitrogens with zero attached hydrogens (tertiary/aromatic N) is 1. The molecule has 0 aliphatic heterocycles. The number of halogens is 1. The number of sulfonamides is 1.